The second kappa shape index (κ2) is 5.23. The summed E-state index contributed by atoms with van der Waals surface area (Å²) < 4.78 is 0. The van der Waals surface area contributed by atoms with Crippen LogP contribution in [0.3, 0.4) is 0 Å². The van der Waals surface area contributed by atoms with Crippen molar-refractivity contribution in [3.05, 3.63) is 33.6 Å². The maximum absolute atomic E-state index is 11.1. The lowest BCUT2D eigenvalue weighted by Gasteiger charge is -2.24. The van der Waals surface area contributed by atoms with Crippen molar-refractivity contribution in [3.63, 3.8) is 0 Å². The van der Waals surface area contributed by atoms with Gasteiger partial charge in [-0.15, -0.1) is 0 Å². The summed E-state index contributed by atoms with van der Waals surface area (Å²) >= 11 is 0. The minimum Gasteiger partial charge on any atom is -0.327 e. The van der Waals surface area contributed by atoms with Crippen LogP contribution in [-0.2, 0) is 0 Å². The summed E-state index contributed by atoms with van der Waals surface area (Å²) in [6, 6.07) is 1.49. The molecule has 1 aromatic heterocycles. The lowest BCUT2D eigenvalue weighted by molar-refractivity contribution is -0.386. The number of aromatic nitrogens is 1. The van der Waals surface area contributed by atoms with Gasteiger partial charge < -0.3 is 5.73 Å². The molecule has 94 valence electrons. The minimum atomic E-state index is -0.366. The lowest BCUT2D eigenvalue weighted by atomic mass is 9.85. The van der Waals surface area contributed by atoms with E-state index in [1.54, 1.807) is 19.2 Å². The molecule has 0 aliphatic heterocycles. The van der Waals surface area contributed by atoms with Crippen molar-refractivity contribution in [2.75, 3.05) is 0 Å². The fourth-order valence-electron chi connectivity index (χ4n) is 2.22. The first-order valence-electron chi connectivity index (χ1n) is 5.71. The predicted molar refractivity (Wildman–Crippen MR) is 66.9 cm³/mol. The summed E-state index contributed by atoms with van der Waals surface area (Å²) in [6.45, 7) is 7.59. The van der Waals surface area contributed by atoms with Gasteiger partial charge in [0.05, 0.1) is 4.92 Å². The van der Waals surface area contributed by atoms with Gasteiger partial charge in [-0.1, -0.05) is 13.8 Å². The highest BCUT2D eigenvalue weighted by Gasteiger charge is 2.30. The molecule has 0 saturated carbocycles. The third kappa shape index (κ3) is 2.79. The first-order chi connectivity index (χ1) is 7.86. The SMILES string of the molecule is Cc1ccnc(C(C(C)C)C(C)N)c1[N+](=O)[O-]. The molecule has 2 unspecified atom stereocenters. The molecule has 0 saturated heterocycles. The number of hydrogen-bond acceptors (Lipinski definition) is 4. The lowest BCUT2D eigenvalue weighted by Crippen LogP contribution is -2.30. The largest absolute Gasteiger partial charge is 0.327 e. The number of hydrogen-bond donors (Lipinski definition) is 1. The highest BCUT2D eigenvalue weighted by Crippen LogP contribution is 2.33. The monoisotopic (exact) mass is 237 g/mol. The van der Waals surface area contributed by atoms with E-state index in [1.165, 1.54) is 0 Å². The van der Waals surface area contributed by atoms with Gasteiger partial charge in [-0.2, -0.15) is 0 Å². The van der Waals surface area contributed by atoms with Crippen LogP contribution in [0.4, 0.5) is 5.69 Å². The molecular weight excluding hydrogens is 218 g/mol. The molecule has 0 aliphatic carbocycles. The van der Waals surface area contributed by atoms with Crippen LogP contribution in [0.25, 0.3) is 0 Å². The highest BCUT2D eigenvalue weighted by molar-refractivity contribution is 5.45. The van der Waals surface area contributed by atoms with Crippen LogP contribution < -0.4 is 5.73 Å². The predicted octanol–water partition coefficient (Wildman–Crippen LogP) is 2.39. The van der Waals surface area contributed by atoms with Gasteiger partial charge in [0.1, 0.15) is 5.69 Å². The molecule has 2 atom stereocenters. The Morgan fingerprint density at radius 3 is 2.41 bits per heavy atom. The fourth-order valence-corrected chi connectivity index (χ4v) is 2.22. The molecule has 2 N–H and O–H groups in total. The Morgan fingerprint density at radius 2 is 2.00 bits per heavy atom. The maximum atomic E-state index is 11.1. The zero-order chi connectivity index (χ0) is 13.2. The van der Waals surface area contributed by atoms with Crippen LogP contribution in [0, 0.1) is 23.0 Å². The number of nitro groups is 1. The minimum absolute atomic E-state index is 0.100. The molecule has 5 heteroatoms. The Kier molecular flexibility index (Phi) is 4.17. The smallest absolute Gasteiger partial charge is 0.293 e. The van der Waals surface area contributed by atoms with Crippen molar-refractivity contribution in [2.45, 2.75) is 39.7 Å². The van der Waals surface area contributed by atoms with Crippen LogP contribution in [0.5, 0.6) is 0 Å². The Hall–Kier alpha value is -1.49. The van der Waals surface area contributed by atoms with Crippen molar-refractivity contribution < 1.29 is 4.92 Å². The normalized spacial score (nSPS) is 14.7. The van der Waals surface area contributed by atoms with Crippen LogP contribution in [0.2, 0.25) is 0 Å². The van der Waals surface area contributed by atoms with E-state index in [0.717, 1.165) is 0 Å². The molecule has 0 spiro atoms. The summed E-state index contributed by atoms with van der Waals surface area (Å²) in [5, 5.41) is 11.1. The average Bonchev–Trinajstić information content (AvgIpc) is 2.15. The van der Waals surface area contributed by atoms with Crippen LogP contribution in [-0.4, -0.2) is 15.9 Å². The van der Waals surface area contributed by atoms with Gasteiger partial charge in [0.15, 0.2) is 0 Å². The van der Waals surface area contributed by atoms with E-state index in [1.807, 2.05) is 20.8 Å². The number of pyridine rings is 1. The zero-order valence-electron chi connectivity index (χ0n) is 10.7. The zero-order valence-corrected chi connectivity index (χ0v) is 10.7. The molecule has 0 bridgehead atoms. The van der Waals surface area contributed by atoms with E-state index in [-0.39, 0.29) is 28.5 Å². The fraction of sp³-hybridized carbons (Fsp3) is 0.583. The molecule has 0 fully saturated rings. The maximum Gasteiger partial charge on any atom is 0.293 e. The Morgan fingerprint density at radius 1 is 1.41 bits per heavy atom. The molecule has 0 amide bonds. The molecule has 0 aromatic carbocycles. The molecule has 0 aliphatic rings. The number of aryl methyl sites for hydroxylation is 1. The second-order valence-corrected chi connectivity index (χ2v) is 4.75. The molecular formula is C12H19N3O2. The second-order valence-electron chi connectivity index (χ2n) is 4.75. The summed E-state index contributed by atoms with van der Waals surface area (Å²) in [7, 11) is 0. The van der Waals surface area contributed by atoms with Gasteiger partial charge in [-0.3, -0.25) is 15.1 Å². The third-order valence-corrected chi connectivity index (χ3v) is 2.94. The first-order valence-corrected chi connectivity index (χ1v) is 5.71. The van der Waals surface area contributed by atoms with Crippen LogP contribution in [0.15, 0.2) is 12.3 Å². The van der Waals surface area contributed by atoms with Gasteiger partial charge in [0.2, 0.25) is 0 Å². The number of nitrogens with two attached hydrogens (primary N) is 1. The van der Waals surface area contributed by atoms with E-state index < -0.39 is 0 Å². The van der Waals surface area contributed by atoms with Crippen LogP contribution >= 0.6 is 0 Å². The van der Waals surface area contributed by atoms with E-state index in [4.69, 9.17) is 5.73 Å². The van der Waals surface area contributed by atoms with E-state index >= 15 is 0 Å². The topological polar surface area (TPSA) is 82.0 Å². The summed E-state index contributed by atoms with van der Waals surface area (Å²) in [6.07, 6.45) is 1.61. The van der Waals surface area contributed by atoms with Gasteiger partial charge in [0.25, 0.3) is 5.69 Å². The van der Waals surface area contributed by atoms with Crippen molar-refractivity contribution in [3.8, 4) is 0 Å². The summed E-state index contributed by atoms with van der Waals surface area (Å²) in [5.74, 6) is 0.110. The first kappa shape index (κ1) is 13.6. The molecule has 1 aromatic rings. The van der Waals surface area contributed by atoms with Gasteiger partial charge in [-0.25, -0.2) is 0 Å². The number of nitrogens with zero attached hydrogens (tertiary/aromatic N) is 2. The quantitative estimate of drug-likeness (QED) is 0.643. The van der Waals surface area contributed by atoms with Gasteiger partial charge >= 0.3 is 0 Å². The Labute approximate surface area is 101 Å². The van der Waals surface area contributed by atoms with E-state index in [0.29, 0.717) is 11.3 Å². The molecule has 5 nitrogen and oxygen atoms in total. The summed E-state index contributed by atoms with van der Waals surface area (Å²) in [4.78, 5) is 14.9. The molecule has 0 radical (unpaired) electrons. The molecule has 17 heavy (non-hydrogen) atoms. The van der Waals surface area contributed by atoms with Crippen molar-refractivity contribution in [1.82, 2.24) is 4.98 Å². The van der Waals surface area contributed by atoms with Crippen LogP contribution in [0.1, 0.15) is 37.9 Å². The Bertz CT molecular complexity index is 408. The number of rotatable bonds is 4. The third-order valence-electron chi connectivity index (χ3n) is 2.94. The van der Waals surface area contributed by atoms with E-state index in [9.17, 15) is 10.1 Å². The molecule has 1 heterocycles. The van der Waals surface area contributed by atoms with Crippen molar-refractivity contribution >= 4 is 5.69 Å². The van der Waals surface area contributed by atoms with Gasteiger partial charge in [0, 0.05) is 23.7 Å². The van der Waals surface area contributed by atoms with Crippen molar-refractivity contribution in [2.24, 2.45) is 11.7 Å². The summed E-state index contributed by atoms with van der Waals surface area (Å²) in [5.41, 5.74) is 7.16. The average molecular weight is 237 g/mol. The highest BCUT2D eigenvalue weighted by atomic mass is 16.6. The molecule has 1 rings (SSSR count). The van der Waals surface area contributed by atoms with E-state index in [2.05, 4.69) is 4.98 Å². The van der Waals surface area contributed by atoms with Gasteiger partial charge in [-0.05, 0) is 25.8 Å². The standard InChI is InChI=1S/C12H19N3O2/c1-7(2)10(9(4)13)11-12(15(16)17)8(3)5-6-14-11/h5-7,9-10H,13H2,1-4H3. The van der Waals surface area contributed by atoms with Crippen molar-refractivity contribution in [1.29, 1.82) is 0 Å². The Balaban J connectivity index is 3.38.